The molecule has 1 aromatic rings. The molecule has 1 aliphatic rings. The van der Waals surface area contributed by atoms with Crippen LogP contribution in [-0.4, -0.2) is 24.3 Å². The standard InChI is InChI=1S/C18H25F3N2O2/c1-18(2,3)25-17(24)22-10-11-6-4-5-7-13(11)23-14-9-8-12(19)15(20)16(14)21/h8-9,11,13,23H,4-7,10H2,1-3H3,(H,22,24). The fourth-order valence-electron chi connectivity index (χ4n) is 3.01. The van der Waals surface area contributed by atoms with E-state index < -0.39 is 29.1 Å². The fourth-order valence-corrected chi connectivity index (χ4v) is 3.01. The summed E-state index contributed by atoms with van der Waals surface area (Å²) in [7, 11) is 0. The highest BCUT2D eigenvalue weighted by Gasteiger charge is 2.27. The van der Waals surface area contributed by atoms with Crippen molar-refractivity contribution >= 4 is 11.8 Å². The van der Waals surface area contributed by atoms with E-state index in [1.54, 1.807) is 20.8 Å². The summed E-state index contributed by atoms with van der Waals surface area (Å²) < 4.78 is 45.5. The van der Waals surface area contributed by atoms with Crippen LogP contribution in [-0.2, 0) is 4.74 Å². The van der Waals surface area contributed by atoms with E-state index in [4.69, 9.17) is 4.74 Å². The Hall–Kier alpha value is -1.92. The third-order valence-electron chi connectivity index (χ3n) is 4.19. The number of alkyl carbamates (subject to hydrolysis) is 1. The maximum atomic E-state index is 13.9. The average molecular weight is 358 g/mol. The molecule has 1 fully saturated rings. The molecule has 1 aromatic carbocycles. The van der Waals surface area contributed by atoms with Gasteiger partial charge in [-0.1, -0.05) is 12.8 Å². The van der Waals surface area contributed by atoms with Crippen molar-refractivity contribution in [3.8, 4) is 0 Å². The highest BCUT2D eigenvalue weighted by molar-refractivity contribution is 5.67. The fraction of sp³-hybridized carbons (Fsp3) is 0.611. The number of rotatable bonds is 4. The second-order valence-corrected chi connectivity index (χ2v) is 7.40. The maximum Gasteiger partial charge on any atom is 0.407 e. The van der Waals surface area contributed by atoms with Crippen LogP contribution >= 0.6 is 0 Å². The summed E-state index contributed by atoms with van der Waals surface area (Å²) in [4.78, 5) is 11.8. The van der Waals surface area contributed by atoms with Crippen LogP contribution in [0.5, 0.6) is 0 Å². The Labute approximate surface area is 146 Å². The average Bonchev–Trinajstić information content (AvgIpc) is 2.53. The molecule has 0 radical (unpaired) electrons. The van der Waals surface area contributed by atoms with E-state index in [0.717, 1.165) is 31.7 Å². The minimum Gasteiger partial charge on any atom is -0.444 e. The van der Waals surface area contributed by atoms with Crippen LogP contribution in [0.2, 0.25) is 0 Å². The lowest BCUT2D eigenvalue weighted by Gasteiger charge is -2.33. The molecule has 2 unspecified atom stereocenters. The minimum atomic E-state index is -1.48. The van der Waals surface area contributed by atoms with E-state index in [1.165, 1.54) is 6.07 Å². The van der Waals surface area contributed by atoms with Crippen molar-refractivity contribution in [2.75, 3.05) is 11.9 Å². The van der Waals surface area contributed by atoms with Gasteiger partial charge >= 0.3 is 6.09 Å². The van der Waals surface area contributed by atoms with E-state index in [2.05, 4.69) is 10.6 Å². The van der Waals surface area contributed by atoms with Crippen molar-refractivity contribution in [2.45, 2.75) is 58.1 Å². The first-order valence-corrected chi connectivity index (χ1v) is 8.54. The van der Waals surface area contributed by atoms with Crippen LogP contribution in [0.1, 0.15) is 46.5 Å². The Morgan fingerprint density at radius 3 is 2.52 bits per heavy atom. The molecule has 0 bridgehead atoms. The summed E-state index contributed by atoms with van der Waals surface area (Å²) in [5.41, 5.74) is -0.642. The summed E-state index contributed by atoms with van der Waals surface area (Å²) in [6.07, 6.45) is 3.05. The van der Waals surface area contributed by atoms with Crippen molar-refractivity contribution in [3.63, 3.8) is 0 Å². The number of amides is 1. The quantitative estimate of drug-likeness (QED) is 0.774. The normalized spacial score (nSPS) is 20.9. The Bertz CT molecular complexity index is 617. The molecule has 0 saturated heterocycles. The van der Waals surface area contributed by atoms with Crippen molar-refractivity contribution in [1.29, 1.82) is 0 Å². The topological polar surface area (TPSA) is 50.4 Å². The van der Waals surface area contributed by atoms with Crippen LogP contribution in [0.25, 0.3) is 0 Å². The smallest absolute Gasteiger partial charge is 0.407 e. The first-order chi connectivity index (χ1) is 11.7. The van der Waals surface area contributed by atoms with E-state index in [1.807, 2.05) is 0 Å². The molecule has 2 atom stereocenters. The number of hydrogen-bond donors (Lipinski definition) is 2. The van der Waals surface area contributed by atoms with E-state index in [-0.39, 0.29) is 17.6 Å². The third-order valence-corrected chi connectivity index (χ3v) is 4.19. The highest BCUT2D eigenvalue weighted by atomic mass is 19.2. The molecular weight excluding hydrogens is 333 g/mol. The SMILES string of the molecule is CC(C)(C)OC(=O)NCC1CCCCC1Nc1ccc(F)c(F)c1F. The third kappa shape index (κ3) is 5.54. The second-order valence-electron chi connectivity index (χ2n) is 7.40. The Balaban J connectivity index is 1.99. The number of nitrogens with one attached hydrogen (secondary N) is 2. The number of ether oxygens (including phenoxy) is 1. The lowest BCUT2D eigenvalue weighted by molar-refractivity contribution is 0.0514. The summed E-state index contributed by atoms with van der Waals surface area (Å²) in [6, 6.07) is 1.96. The van der Waals surface area contributed by atoms with Gasteiger partial charge in [0.15, 0.2) is 17.5 Å². The molecule has 25 heavy (non-hydrogen) atoms. The van der Waals surface area contributed by atoms with Gasteiger partial charge in [-0.25, -0.2) is 18.0 Å². The highest BCUT2D eigenvalue weighted by Crippen LogP contribution is 2.29. The van der Waals surface area contributed by atoms with E-state index >= 15 is 0 Å². The van der Waals surface area contributed by atoms with Gasteiger partial charge in [0, 0.05) is 12.6 Å². The van der Waals surface area contributed by atoms with Crippen LogP contribution < -0.4 is 10.6 Å². The molecule has 1 amide bonds. The Morgan fingerprint density at radius 2 is 1.84 bits per heavy atom. The van der Waals surface area contributed by atoms with Gasteiger partial charge in [-0.15, -0.1) is 0 Å². The number of benzene rings is 1. The number of carbonyl (C=O) groups excluding carboxylic acids is 1. The zero-order chi connectivity index (χ0) is 18.6. The summed E-state index contributed by atoms with van der Waals surface area (Å²) in [5.74, 6) is -3.86. The van der Waals surface area contributed by atoms with Crippen LogP contribution in [0.4, 0.5) is 23.7 Å². The van der Waals surface area contributed by atoms with Crippen molar-refractivity contribution in [1.82, 2.24) is 5.32 Å². The minimum absolute atomic E-state index is 0.0498. The van der Waals surface area contributed by atoms with E-state index in [0.29, 0.717) is 6.54 Å². The van der Waals surface area contributed by atoms with Crippen LogP contribution in [0.15, 0.2) is 12.1 Å². The van der Waals surface area contributed by atoms with Gasteiger partial charge in [-0.3, -0.25) is 0 Å². The predicted molar refractivity (Wildman–Crippen MR) is 89.9 cm³/mol. The van der Waals surface area contributed by atoms with Crippen molar-refractivity contribution in [2.24, 2.45) is 5.92 Å². The van der Waals surface area contributed by atoms with Gasteiger partial charge in [-0.05, 0) is 51.7 Å². The molecule has 2 rings (SSSR count). The molecule has 7 heteroatoms. The molecule has 0 heterocycles. The maximum absolute atomic E-state index is 13.9. The largest absolute Gasteiger partial charge is 0.444 e. The Kier molecular flexibility index (Phi) is 6.19. The molecule has 4 nitrogen and oxygen atoms in total. The van der Waals surface area contributed by atoms with Crippen molar-refractivity contribution in [3.05, 3.63) is 29.6 Å². The Morgan fingerprint density at radius 1 is 1.16 bits per heavy atom. The zero-order valence-electron chi connectivity index (χ0n) is 14.8. The van der Waals surface area contributed by atoms with Gasteiger partial charge in [0.25, 0.3) is 0 Å². The van der Waals surface area contributed by atoms with Gasteiger partial charge in [-0.2, -0.15) is 0 Å². The zero-order valence-corrected chi connectivity index (χ0v) is 14.8. The monoisotopic (exact) mass is 358 g/mol. The lowest BCUT2D eigenvalue weighted by atomic mass is 9.84. The lowest BCUT2D eigenvalue weighted by Crippen LogP contribution is -2.42. The van der Waals surface area contributed by atoms with Gasteiger partial charge in [0.2, 0.25) is 0 Å². The van der Waals surface area contributed by atoms with Crippen molar-refractivity contribution < 1.29 is 22.7 Å². The summed E-state index contributed by atoms with van der Waals surface area (Å²) >= 11 is 0. The molecule has 0 spiro atoms. The molecule has 140 valence electrons. The van der Waals surface area contributed by atoms with E-state index in [9.17, 15) is 18.0 Å². The molecule has 1 aliphatic carbocycles. The number of anilines is 1. The number of halogens is 3. The second kappa shape index (κ2) is 7.97. The van der Waals surface area contributed by atoms with Gasteiger partial charge < -0.3 is 15.4 Å². The number of hydrogen-bond acceptors (Lipinski definition) is 3. The molecule has 0 aromatic heterocycles. The molecule has 0 aliphatic heterocycles. The summed E-state index contributed by atoms with van der Waals surface area (Å²) in [6.45, 7) is 5.72. The first-order valence-electron chi connectivity index (χ1n) is 8.54. The van der Waals surface area contributed by atoms with Crippen LogP contribution in [0, 0.1) is 23.4 Å². The summed E-state index contributed by atoms with van der Waals surface area (Å²) in [5, 5.41) is 5.70. The first kappa shape index (κ1) is 19.4. The number of carbonyl (C=O) groups is 1. The van der Waals surface area contributed by atoms with Gasteiger partial charge in [0.1, 0.15) is 5.60 Å². The predicted octanol–water partition coefficient (Wildman–Crippen LogP) is 4.60. The molecule has 2 N–H and O–H groups in total. The molecular formula is C18H25F3N2O2. The molecule has 1 saturated carbocycles. The van der Waals surface area contributed by atoms with Crippen LogP contribution in [0.3, 0.4) is 0 Å². The van der Waals surface area contributed by atoms with Gasteiger partial charge in [0.05, 0.1) is 5.69 Å².